The number of halogens is 3. The first-order chi connectivity index (χ1) is 13.6. The maximum absolute atomic E-state index is 12.3. The molecule has 0 aliphatic rings. The number of rotatable bonds is 8. The summed E-state index contributed by atoms with van der Waals surface area (Å²) in [5.74, 6) is -1.01. The molecule has 2 rings (SSSR count). The molecule has 2 amide bonds. The van der Waals surface area contributed by atoms with Gasteiger partial charge >= 0.3 is 6.36 Å². The van der Waals surface area contributed by atoms with Crippen molar-refractivity contribution in [2.24, 2.45) is 0 Å². The molecule has 0 heterocycles. The van der Waals surface area contributed by atoms with Crippen LogP contribution in [0.2, 0.25) is 0 Å². The fraction of sp³-hybridized carbons (Fsp3) is 0.300. The zero-order valence-electron chi connectivity index (χ0n) is 16.0. The van der Waals surface area contributed by atoms with Crippen molar-refractivity contribution < 1.29 is 27.5 Å². The molecule has 2 aromatic rings. The van der Waals surface area contributed by atoms with Crippen molar-refractivity contribution >= 4 is 17.5 Å². The molecule has 0 saturated heterocycles. The minimum atomic E-state index is -4.77. The van der Waals surface area contributed by atoms with Gasteiger partial charge in [-0.2, -0.15) is 0 Å². The Balaban J connectivity index is 1.80. The van der Waals surface area contributed by atoms with E-state index in [1.54, 1.807) is 18.9 Å². The van der Waals surface area contributed by atoms with E-state index >= 15 is 0 Å². The average molecular weight is 409 g/mol. The molecule has 0 aliphatic heterocycles. The van der Waals surface area contributed by atoms with Crippen LogP contribution in [0.5, 0.6) is 5.75 Å². The molecule has 0 aliphatic carbocycles. The van der Waals surface area contributed by atoms with Gasteiger partial charge in [-0.25, -0.2) is 0 Å². The quantitative estimate of drug-likeness (QED) is 0.703. The van der Waals surface area contributed by atoms with Crippen LogP contribution in [0.15, 0.2) is 54.6 Å². The van der Waals surface area contributed by atoms with E-state index in [4.69, 9.17) is 0 Å². The van der Waals surface area contributed by atoms with Gasteiger partial charge in [-0.15, -0.1) is 13.2 Å². The van der Waals surface area contributed by atoms with Gasteiger partial charge in [-0.05, 0) is 43.8 Å². The lowest BCUT2D eigenvalue weighted by molar-refractivity contribution is -0.274. The third-order valence-corrected chi connectivity index (χ3v) is 4.11. The second-order valence-corrected chi connectivity index (χ2v) is 6.41. The lowest BCUT2D eigenvalue weighted by Crippen LogP contribution is -2.45. The molecule has 2 aromatic carbocycles. The Kier molecular flexibility index (Phi) is 7.60. The minimum Gasteiger partial charge on any atom is -0.406 e. The molecule has 0 unspecified atom stereocenters. The lowest BCUT2D eigenvalue weighted by Gasteiger charge is -2.23. The Labute approximate surface area is 166 Å². The summed E-state index contributed by atoms with van der Waals surface area (Å²) in [6.45, 7) is 1.99. The number of benzene rings is 2. The summed E-state index contributed by atoms with van der Waals surface area (Å²) in [6, 6.07) is 13.7. The van der Waals surface area contributed by atoms with Gasteiger partial charge in [-0.3, -0.25) is 14.5 Å². The molecular formula is C20H22F3N3O3. The molecule has 9 heteroatoms. The van der Waals surface area contributed by atoms with Gasteiger partial charge in [0.15, 0.2) is 0 Å². The number of nitrogens with one attached hydrogen (secondary N) is 2. The molecule has 0 radical (unpaired) electrons. The number of carbonyl (C=O) groups excluding carboxylic acids is 2. The van der Waals surface area contributed by atoms with Crippen LogP contribution in [0.25, 0.3) is 0 Å². The summed E-state index contributed by atoms with van der Waals surface area (Å²) in [5, 5.41) is 5.37. The van der Waals surface area contributed by atoms with E-state index < -0.39 is 18.3 Å². The number of hydrogen-bond donors (Lipinski definition) is 2. The van der Waals surface area contributed by atoms with Crippen molar-refractivity contribution in [2.75, 3.05) is 18.9 Å². The van der Waals surface area contributed by atoms with Crippen LogP contribution in [0.1, 0.15) is 12.5 Å². The molecule has 29 heavy (non-hydrogen) atoms. The van der Waals surface area contributed by atoms with Gasteiger partial charge in [0.05, 0.1) is 12.6 Å². The summed E-state index contributed by atoms with van der Waals surface area (Å²) in [7, 11) is 1.63. The smallest absolute Gasteiger partial charge is 0.406 e. The van der Waals surface area contributed by atoms with Crippen molar-refractivity contribution in [1.29, 1.82) is 0 Å². The van der Waals surface area contributed by atoms with Crippen molar-refractivity contribution in [3.05, 3.63) is 60.2 Å². The highest BCUT2D eigenvalue weighted by atomic mass is 19.4. The van der Waals surface area contributed by atoms with Crippen LogP contribution in [0.3, 0.4) is 0 Å². The van der Waals surface area contributed by atoms with Crippen LogP contribution in [0.4, 0.5) is 18.9 Å². The third-order valence-electron chi connectivity index (χ3n) is 4.11. The van der Waals surface area contributed by atoms with Gasteiger partial charge in [0.25, 0.3) is 0 Å². The Bertz CT molecular complexity index is 811. The Morgan fingerprint density at radius 3 is 2.28 bits per heavy atom. The molecule has 0 bridgehead atoms. The summed E-state index contributed by atoms with van der Waals surface area (Å²) in [4.78, 5) is 26.0. The van der Waals surface area contributed by atoms with Crippen LogP contribution in [-0.4, -0.2) is 42.7 Å². The molecule has 0 saturated carbocycles. The Morgan fingerprint density at radius 1 is 1.07 bits per heavy atom. The van der Waals surface area contributed by atoms with Crippen LogP contribution < -0.4 is 15.4 Å². The summed E-state index contributed by atoms with van der Waals surface area (Å²) < 4.78 is 40.2. The summed E-state index contributed by atoms with van der Waals surface area (Å²) in [6.07, 6.45) is -4.77. The van der Waals surface area contributed by atoms with Gasteiger partial charge < -0.3 is 15.4 Å². The van der Waals surface area contributed by atoms with Crippen molar-refractivity contribution in [2.45, 2.75) is 25.9 Å². The number of likely N-dealkylation sites (N-methyl/N-ethyl adjacent to an activating group) is 1. The van der Waals surface area contributed by atoms with Crippen molar-refractivity contribution in [3.63, 3.8) is 0 Å². The summed E-state index contributed by atoms with van der Waals surface area (Å²) in [5.41, 5.74) is 1.28. The number of carbonyl (C=O) groups is 2. The molecule has 1 atom stereocenters. The molecule has 0 spiro atoms. The molecule has 0 aromatic heterocycles. The topological polar surface area (TPSA) is 70.7 Å². The Morgan fingerprint density at radius 2 is 1.69 bits per heavy atom. The van der Waals surface area contributed by atoms with Gasteiger partial charge in [-0.1, -0.05) is 30.3 Å². The standard InChI is InChI=1S/C20H22F3N3O3/c1-14(19(28)24-12-15-6-4-3-5-7-15)26(2)13-18(27)25-16-8-10-17(11-9-16)29-20(21,22)23/h3-11,14H,12-13H2,1-2H3,(H,24,28)(H,25,27)/t14-/m0/s1. The van der Waals surface area contributed by atoms with E-state index in [1.807, 2.05) is 30.3 Å². The van der Waals surface area contributed by atoms with Crippen molar-refractivity contribution in [1.82, 2.24) is 10.2 Å². The highest BCUT2D eigenvalue weighted by molar-refractivity contribution is 5.92. The lowest BCUT2D eigenvalue weighted by atomic mass is 10.2. The van der Waals surface area contributed by atoms with E-state index in [1.165, 1.54) is 12.1 Å². The SMILES string of the molecule is C[C@@H](C(=O)NCc1ccccc1)N(C)CC(=O)Nc1ccc(OC(F)(F)F)cc1. The maximum Gasteiger partial charge on any atom is 0.573 e. The second kappa shape index (κ2) is 9.92. The summed E-state index contributed by atoms with van der Waals surface area (Å²) >= 11 is 0. The first kappa shape index (κ1) is 22.2. The molecule has 0 fully saturated rings. The molecular weight excluding hydrogens is 387 g/mol. The number of hydrogen-bond acceptors (Lipinski definition) is 4. The van der Waals surface area contributed by atoms with E-state index in [2.05, 4.69) is 15.4 Å². The molecule has 6 nitrogen and oxygen atoms in total. The van der Waals surface area contributed by atoms with Crippen LogP contribution in [0, 0.1) is 0 Å². The van der Waals surface area contributed by atoms with Crippen LogP contribution >= 0.6 is 0 Å². The van der Waals surface area contributed by atoms with Gasteiger partial charge in [0.2, 0.25) is 11.8 Å². The fourth-order valence-electron chi connectivity index (χ4n) is 2.44. The minimum absolute atomic E-state index is 0.0687. The normalized spacial score (nSPS) is 12.3. The first-order valence-corrected chi connectivity index (χ1v) is 8.81. The predicted octanol–water partition coefficient (Wildman–Crippen LogP) is 3.16. The van der Waals surface area contributed by atoms with E-state index in [0.29, 0.717) is 12.2 Å². The van der Waals surface area contributed by atoms with Gasteiger partial charge in [0, 0.05) is 12.2 Å². The van der Waals surface area contributed by atoms with Gasteiger partial charge in [0.1, 0.15) is 5.75 Å². The number of alkyl halides is 3. The number of anilines is 1. The fourth-order valence-corrected chi connectivity index (χ4v) is 2.44. The van der Waals surface area contributed by atoms with E-state index in [9.17, 15) is 22.8 Å². The highest BCUT2D eigenvalue weighted by Crippen LogP contribution is 2.23. The monoisotopic (exact) mass is 409 g/mol. The van der Waals surface area contributed by atoms with Crippen LogP contribution in [-0.2, 0) is 16.1 Å². The largest absolute Gasteiger partial charge is 0.573 e. The Hall–Kier alpha value is -3.07. The molecule has 2 N–H and O–H groups in total. The second-order valence-electron chi connectivity index (χ2n) is 6.41. The van der Waals surface area contributed by atoms with E-state index in [-0.39, 0.29) is 18.2 Å². The zero-order chi connectivity index (χ0) is 21.4. The molecule has 156 valence electrons. The maximum atomic E-state index is 12.3. The van der Waals surface area contributed by atoms with E-state index in [0.717, 1.165) is 17.7 Å². The first-order valence-electron chi connectivity index (χ1n) is 8.81. The predicted molar refractivity (Wildman–Crippen MR) is 102 cm³/mol. The van der Waals surface area contributed by atoms with Crippen molar-refractivity contribution in [3.8, 4) is 5.75 Å². The zero-order valence-corrected chi connectivity index (χ0v) is 16.0. The highest BCUT2D eigenvalue weighted by Gasteiger charge is 2.31. The number of nitrogens with zero attached hydrogens (tertiary/aromatic N) is 1. The number of amides is 2. The third kappa shape index (κ3) is 7.82. The average Bonchev–Trinajstić information content (AvgIpc) is 2.66. The number of ether oxygens (including phenoxy) is 1.